The topological polar surface area (TPSA) is 75.3 Å². The van der Waals surface area contributed by atoms with Crippen molar-refractivity contribution in [3.63, 3.8) is 0 Å². The lowest BCUT2D eigenvalue weighted by Crippen LogP contribution is -2.26. The lowest BCUT2D eigenvalue weighted by molar-refractivity contribution is 0.0953. The summed E-state index contributed by atoms with van der Waals surface area (Å²) in [6, 6.07) is 21.5. The van der Waals surface area contributed by atoms with Crippen LogP contribution < -0.4 is 10.0 Å². The molecule has 3 aromatic rings. The number of hydrogen-bond acceptors (Lipinski definition) is 3. The molecule has 0 spiro atoms. The van der Waals surface area contributed by atoms with Crippen molar-refractivity contribution in [2.45, 2.75) is 25.2 Å². The molecule has 0 saturated carbocycles. The van der Waals surface area contributed by atoms with E-state index in [2.05, 4.69) is 10.0 Å². The first-order chi connectivity index (χ1) is 13.8. The highest BCUT2D eigenvalue weighted by Crippen LogP contribution is 2.20. The largest absolute Gasteiger partial charge is 0.352 e. The quantitative estimate of drug-likeness (QED) is 0.619. The Morgan fingerprint density at radius 2 is 1.59 bits per heavy atom. The van der Waals surface area contributed by atoms with Crippen molar-refractivity contribution in [1.82, 2.24) is 5.32 Å². The molecule has 3 rings (SSSR count). The van der Waals surface area contributed by atoms with E-state index < -0.39 is 10.0 Å². The van der Waals surface area contributed by atoms with Gasteiger partial charge < -0.3 is 5.32 Å². The molecule has 0 saturated heterocycles. The third kappa shape index (κ3) is 5.45. The van der Waals surface area contributed by atoms with Crippen molar-refractivity contribution in [2.75, 3.05) is 11.3 Å². The van der Waals surface area contributed by atoms with Crippen molar-refractivity contribution < 1.29 is 13.2 Å². The molecule has 1 amide bonds. The Morgan fingerprint density at radius 3 is 2.28 bits per heavy atom. The van der Waals surface area contributed by atoms with Crippen molar-refractivity contribution in [1.29, 1.82) is 0 Å². The molecule has 0 radical (unpaired) electrons. The van der Waals surface area contributed by atoms with Crippen LogP contribution >= 0.6 is 0 Å². The molecule has 29 heavy (non-hydrogen) atoms. The number of rotatable bonds is 7. The molecule has 3 aromatic carbocycles. The molecule has 2 N–H and O–H groups in total. The van der Waals surface area contributed by atoms with Crippen molar-refractivity contribution in [3.8, 4) is 0 Å². The number of aryl methyl sites for hydroxylation is 2. The molecule has 0 bridgehead atoms. The first-order valence-electron chi connectivity index (χ1n) is 9.37. The highest BCUT2D eigenvalue weighted by molar-refractivity contribution is 7.92. The highest BCUT2D eigenvalue weighted by atomic mass is 32.2. The molecule has 6 heteroatoms. The summed E-state index contributed by atoms with van der Waals surface area (Å²) in [5.74, 6) is -0.286. The Kier molecular flexibility index (Phi) is 6.34. The van der Waals surface area contributed by atoms with E-state index in [4.69, 9.17) is 0 Å². The van der Waals surface area contributed by atoms with E-state index in [-0.39, 0.29) is 10.8 Å². The van der Waals surface area contributed by atoms with Gasteiger partial charge in [-0.25, -0.2) is 8.42 Å². The minimum Gasteiger partial charge on any atom is -0.352 e. The fourth-order valence-corrected chi connectivity index (χ4v) is 3.99. The van der Waals surface area contributed by atoms with Crippen molar-refractivity contribution >= 4 is 21.6 Å². The minimum atomic E-state index is -3.79. The number of carbonyl (C=O) groups excluding carboxylic acids is 1. The van der Waals surface area contributed by atoms with Crippen LogP contribution in [-0.2, 0) is 16.4 Å². The second kappa shape index (κ2) is 8.92. The van der Waals surface area contributed by atoms with Gasteiger partial charge in [0.1, 0.15) is 0 Å². The van der Waals surface area contributed by atoms with E-state index in [1.807, 2.05) is 49.4 Å². The Labute approximate surface area is 171 Å². The summed E-state index contributed by atoms with van der Waals surface area (Å²) in [7, 11) is -3.79. The minimum absolute atomic E-state index is 0.0527. The molecule has 0 aliphatic rings. The maximum Gasteiger partial charge on any atom is 0.261 e. The van der Waals surface area contributed by atoms with Crippen LogP contribution in [0.5, 0.6) is 0 Å². The van der Waals surface area contributed by atoms with Gasteiger partial charge in [0.2, 0.25) is 0 Å². The summed E-state index contributed by atoms with van der Waals surface area (Å²) in [6.07, 6.45) is 0.707. The van der Waals surface area contributed by atoms with Crippen LogP contribution in [0.25, 0.3) is 0 Å². The molecule has 0 heterocycles. The third-order valence-corrected chi connectivity index (χ3v) is 5.99. The predicted molar refractivity (Wildman–Crippen MR) is 116 cm³/mol. The van der Waals surface area contributed by atoms with Crippen LogP contribution in [0.3, 0.4) is 0 Å². The number of nitrogens with one attached hydrogen (secondary N) is 2. The van der Waals surface area contributed by atoms with Crippen molar-refractivity contribution in [3.05, 3.63) is 95.1 Å². The normalized spacial score (nSPS) is 11.1. The van der Waals surface area contributed by atoms with Gasteiger partial charge in [-0.2, -0.15) is 0 Å². The molecular formula is C23H24N2O3S. The molecule has 0 fully saturated rings. The third-order valence-electron chi connectivity index (χ3n) is 4.61. The Bertz CT molecular complexity index is 1090. The number of carbonyl (C=O) groups is 1. The van der Waals surface area contributed by atoms with Gasteiger partial charge in [0.15, 0.2) is 0 Å². The van der Waals surface area contributed by atoms with E-state index in [1.54, 1.807) is 25.1 Å². The number of hydrogen-bond donors (Lipinski definition) is 2. The summed E-state index contributed by atoms with van der Waals surface area (Å²) < 4.78 is 28.0. The molecular weight excluding hydrogens is 384 g/mol. The van der Waals surface area contributed by atoms with Gasteiger partial charge in [-0.3, -0.25) is 9.52 Å². The van der Waals surface area contributed by atoms with Gasteiger partial charge in [0.25, 0.3) is 15.9 Å². The maximum atomic E-state index is 12.7. The van der Waals surface area contributed by atoms with Crippen LogP contribution in [0.4, 0.5) is 5.69 Å². The van der Waals surface area contributed by atoms with Gasteiger partial charge in [-0.1, -0.05) is 54.1 Å². The standard InChI is InChI=1S/C23H24N2O3S/c1-17-8-11-20(12-9-17)25-29(27,28)21-13-10-18(2)22(16-21)23(26)24-15-14-19-6-4-3-5-7-19/h3-13,16,25H,14-15H2,1-2H3,(H,24,26). The van der Waals surface area contributed by atoms with Crippen molar-refractivity contribution in [2.24, 2.45) is 0 Å². The molecule has 0 unspecified atom stereocenters. The van der Waals surface area contributed by atoms with E-state index in [0.717, 1.165) is 16.7 Å². The Hall–Kier alpha value is -3.12. The monoisotopic (exact) mass is 408 g/mol. The molecule has 150 valence electrons. The predicted octanol–water partition coefficient (Wildman–Crippen LogP) is 4.08. The average Bonchev–Trinajstić information content (AvgIpc) is 2.70. The number of anilines is 1. The average molecular weight is 409 g/mol. The zero-order chi connectivity index (χ0) is 20.9. The number of benzene rings is 3. The lowest BCUT2D eigenvalue weighted by Gasteiger charge is -2.12. The fourth-order valence-electron chi connectivity index (χ4n) is 2.91. The summed E-state index contributed by atoms with van der Waals surface area (Å²) in [5.41, 5.74) is 3.72. The summed E-state index contributed by atoms with van der Waals surface area (Å²) in [6.45, 7) is 4.19. The van der Waals surface area contributed by atoms with Gasteiger partial charge in [-0.05, 0) is 55.7 Å². The van der Waals surface area contributed by atoms with Crippen LogP contribution in [0.15, 0.2) is 77.7 Å². The Morgan fingerprint density at radius 1 is 0.897 bits per heavy atom. The number of amides is 1. The first kappa shape index (κ1) is 20.6. The lowest BCUT2D eigenvalue weighted by atomic mass is 10.1. The van der Waals surface area contributed by atoms with E-state index in [9.17, 15) is 13.2 Å². The molecule has 0 aliphatic heterocycles. The van der Waals surface area contributed by atoms with Crippen LogP contribution in [0, 0.1) is 13.8 Å². The second-order valence-electron chi connectivity index (χ2n) is 6.94. The van der Waals surface area contributed by atoms with Gasteiger partial charge >= 0.3 is 0 Å². The highest BCUT2D eigenvalue weighted by Gasteiger charge is 2.18. The van der Waals surface area contributed by atoms with Crippen LogP contribution in [0.2, 0.25) is 0 Å². The van der Waals surface area contributed by atoms with Gasteiger partial charge in [-0.15, -0.1) is 0 Å². The van der Waals surface area contributed by atoms with Gasteiger partial charge in [0, 0.05) is 17.8 Å². The summed E-state index contributed by atoms with van der Waals surface area (Å²) in [5, 5.41) is 2.87. The Balaban J connectivity index is 1.72. The molecule has 0 atom stereocenters. The molecule has 0 aliphatic carbocycles. The van der Waals surface area contributed by atoms with Crippen LogP contribution in [0.1, 0.15) is 27.0 Å². The van der Waals surface area contributed by atoms with E-state index in [1.165, 1.54) is 12.1 Å². The fraction of sp³-hybridized carbons (Fsp3) is 0.174. The maximum absolute atomic E-state index is 12.7. The van der Waals surface area contributed by atoms with E-state index in [0.29, 0.717) is 24.2 Å². The van der Waals surface area contributed by atoms with E-state index >= 15 is 0 Å². The SMILES string of the molecule is Cc1ccc(NS(=O)(=O)c2ccc(C)c(C(=O)NCCc3ccccc3)c2)cc1. The second-order valence-corrected chi connectivity index (χ2v) is 8.62. The zero-order valence-corrected chi connectivity index (χ0v) is 17.3. The zero-order valence-electron chi connectivity index (χ0n) is 16.5. The summed E-state index contributed by atoms with van der Waals surface area (Å²) >= 11 is 0. The van der Waals surface area contributed by atoms with Crippen LogP contribution in [-0.4, -0.2) is 20.9 Å². The molecule has 0 aromatic heterocycles. The first-order valence-corrected chi connectivity index (χ1v) is 10.9. The van der Waals surface area contributed by atoms with Gasteiger partial charge in [0.05, 0.1) is 4.90 Å². The smallest absolute Gasteiger partial charge is 0.261 e. The number of sulfonamides is 1. The molecule has 5 nitrogen and oxygen atoms in total. The summed E-state index contributed by atoms with van der Waals surface area (Å²) in [4.78, 5) is 12.7.